The van der Waals surface area contributed by atoms with Gasteiger partial charge in [-0.15, -0.1) is 10.2 Å². The minimum atomic E-state index is 0.273. The van der Waals surface area contributed by atoms with E-state index in [1.54, 1.807) is 24.3 Å². The van der Waals surface area contributed by atoms with E-state index in [0.29, 0.717) is 12.3 Å². The molecule has 0 spiro atoms. The Kier molecular flexibility index (Phi) is 5.28. The Bertz CT molecular complexity index is 739. The van der Waals surface area contributed by atoms with Gasteiger partial charge in [0, 0.05) is 38.4 Å². The summed E-state index contributed by atoms with van der Waals surface area (Å²) in [5.74, 6) is 5.09. The lowest BCUT2D eigenvalue weighted by atomic mass is 9.97. The second-order valence-corrected chi connectivity index (χ2v) is 8.44. The van der Waals surface area contributed by atoms with Crippen LogP contribution in [0.15, 0.2) is 18.7 Å². The first-order valence-corrected chi connectivity index (χ1v) is 10.6. The van der Waals surface area contributed by atoms with E-state index >= 15 is 0 Å². The van der Waals surface area contributed by atoms with Gasteiger partial charge in [0.2, 0.25) is 5.91 Å². The van der Waals surface area contributed by atoms with E-state index in [4.69, 9.17) is 0 Å². The van der Waals surface area contributed by atoms with Gasteiger partial charge in [-0.2, -0.15) is 11.8 Å². The van der Waals surface area contributed by atoms with Gasteiger partial charge in [0.1, 0.15) is 5.82 Å². The summed E-state index contributed by atoms with van der Waals surface area (Å²) in [7, 11) is 2.02. The number of hydrogen-bond donors (Lipinski definition) is 0. The smallest absolute Gasteiger partial charge is 0.232 e. The zero-order chi connectivity index (χ0) is 17.9. The number of nitrogens with zero attached hydrogens (tertiary/aromatic N) is 6. The molecule has 26 heavy (non-hydrogen) atoms. The van der Waals surface area contributed by atoms with Crippen LogP contribution in [0.2, 0.25) is 0 Å². The van der Waals surface area contributed by atoms with E-state index < -0.39 is 0 Å². The Balaban J connectivity index is 1.36. The van der Waals surface area contributed by atoms with E-state index in [-0.39, 0.29) is 11.8 Å². The molecule has 0 unspecified atom stereocenters. The zero-order valence-electron chi connectivity index (χ0n) is 15.3. The monoisotopic (exact) mass is 374 g/mol. The van der Waals surface area contributed by atoms with E-state index in [1.165, 1.54) is 12.8 Å². The highest BCUT2D eigenvalue weighted by atomic mass is 32.2. The predicted octanol–water partition coefficient (Wildman–Crippen LogP) is 1.91. The van der Waals surface area contributed by atoms with Gasteiger partial charge in [-0.3, -0.25) is 4.79 Å². The summed E-state index contributed by atoms with van der Waals surface area (Å²) in [4.78, 5) is 18.6. The number of aromatic nitrogens is 5. The van der Waals surface area contributed by atoms with Crippen LogP contribution in [0.1, 0.15) is 43.3 Å². The first-order chi connectivity index (χ1) is 12.7. The van der Waals surface area contributed by atoms with Crippen molar-refractivity contribution in [2.24, 2.45) is 13.0 Å². The summed E-state index contributed by atoms with van der Waals surface area (Å²) in [6.07, 6.45) is 10.3. The fraction of sp³-hybridized carbons (Fsp3) is 0.667. The quantitative estimate of drug-likeness (QED) is 0.740. The standard InChI is InChI=1S/C18H26N6OS/c1-22-16(10-23-8-6-19-13-23)20-21-18(22)15-3-2-7-24(9-15)17(25)12-26-11-14-4-5-14/h6,8,13-15H,2-5,7,9-12H2,1H3/t15-/m0/s1. The maximum atomic E-state index is 12.5. The van der Waals surface area contributed by atoms with Crippen molar-refractivity contribution >= 4 is 17.7 Å². The molecule has 4 rings (SSSR count). The van der Waals surface area contributed by atoms with Gasteiger partial charge in [-0.25, -0.2) is 4.98 Å². The third-order valence-corrected chi connectivity index (χ3v) is 6.46. The molecule has 140 valence electrons. The van der Waals surface area contributed by atoms with Crippen LogP contribution in [-0.4, -0.2) is 59.7 Å². The van der Waals surface area contributed by atoms with Crippen molar-refractivity contribution in [3.05, 3.63) is 30.4 Å². The van der Waals surface area contributed by atoms with Gasteiger partial charge in [-0.1, -0.05) is 0 Å². The number of thioether (sulfide) groups is 1. The lowest BCUT2D eigenvalue weighted by molar-refractivity contribution is -0.129. The van der Waals surface area contributed by atoms with Gasteiger partial charge in [-0.05, 0) is 37.4 Å². The van der Waals surface area contributed by atoms with Crippen LogP contribution in [-0.2, 0) is 18.4 Å². The minimum Gasteiger partial charge on any atom is -0.341 e. The Morgan fingerprint density at radius 1 is 1.31 bits per heavy atom. The third-order valence-electron chi connectivity index (χ3n) is 5.30. The van der Waals surface area contributed by atoms with Gasteiger partial charge in [0.25, 0.3) is 0 Å². The molecule has 0 bridgehead atoms. The molecular weight excluding hydrogens is 348 g/mol. The Labute approximate surface area is 158 Å². The van der Waals surface area contributed by atoms with Gasteiger partial charge < -0.3 is 14.0 Å². The first kappa shape index (κ1) is 17.6. The molecule has 1 atom stereocenters. The second kappa shape index (κ2) is 7.82. The Morgan fingerprint density at radius 3 is 2.96 bits per heavy atom. The minimum absolute atomic E-state index is 0.273. The van der Waals surface area contributed by atoms with Crippen molar-refractivity contribution < 1.29 is 4.79 Å². The lowest BCUT2D eigenvalue weighted by Crippen LogP contribution is -2.40. The molecule has 0 aromatic carbocycles. The van der Waals surface area contributed by atoms with Crippen molar-refractivity contribution in [2.45, 2.75) is 38.1 Å². The van der Waals surface area contributed by atoms with Crippen molar-refractivity contribution in [2.75, 3.05) is 24.6 Å². The molecule has 8 heteroatoms. The van der Waals surface area contributed by atoms with Crippen molar-refractivity contribution in [1.29, 1.82) is 0 Å². The molecule has 2 fully saturated rings. The van der Waals surface area contributed by atoms with Crippen LogP contribution in [0.25, 0.3) is 0 Å². The van der Waals surface area contributed by atoms with Crippen LogP contribution in [0.4, 0.5) is 0 Å². The molecule has 2 aliphatic rings. The fourth-order valence-electron chi connectivity index (χ4n) is 3.52. The van der Waals surface area contributed by atoms with E-state index in [1.807, 2.05) is 22.7 Å². The number of imidazole rings is 1. The Morgan fingerprint density at radius 2 is 2.19 bits per heavy atom. The second-order valence-electron chi connectivity index (χ2n) is 7.41. The fourth-order valence-corrected chi connectivity index (χ4v) is 4.66. The largest absolute Gasteiger partial charge is 0.341 e. The third kappa shape index (κ3) is 4.11. The number of hydrogen-bond acceptors (Lipinski definition) is 5. The lowest BCUT2D eigenvalue weighted by Gasteiger charge is -2.32. The van der Waals surface area contributed by atoms with Gasteiger partial charge in [0.15, 0.2) is 5.82 Å². The van der Waals surface area contributed by atoms with Crippen LogP contribution >= 0.6 is 11.8 Å². The molecule has 0 radical (unpaired) electrons. The van der Waals surface area contributed by atoms with Crippen LogP contribution < -0.4 is 0 Å². The van der Waals surface area contributed by atoms with Crippen LogP contribution in [0, 0.1) is 5.92 Å². The van der Waals surface area contributed by atoms with Crippen molar-refractivity contribution in [3.8, 4) is 0 Å². The summed E-state index contributed by atoms with van der Waals surface area (Å²) in [6, 6.07) is 0. The summed E-state index contributed by atoms with van der Waals surface area (Å²) >= 11 is 1.80. The summed E-state index contributed by atoms with van der Waals surface area (Å²) in [5.41, 5.74) is 0. The molecule has 1 aliphatic heterocycles. The normalized spacial score (nSPS) is 20.5. The average molecular weight is 375 g/mol. The average Bonchev–Trinajstić information content (AvgIpc) is 3.20. The molecule has 1 saturated heterocycles. The van der Waals surface area contributed by atoms with Gasteiger partial charge >= 0.3 is 0 Å². The molecule has 1 amide bonds. The molecule has 2 aromatic rings. The summed E-state index contributed by atoms with van der Waals surface area (Å²) in [6.45, 7) is 2.30. The highest BCUT2D eigenvalue weighted by Crippen LogP contribution is 2.32. The number of amides is 1. The number of carbonyl (C=O) groups excluding carboxylic acids is 1. The van der Waals surface area contributed by atoms with E-state index in [0.717, 1.165) is 49.3 Å². The molecule has 0 N–H and O–H groups in total. The van der Waals surface area contributed by atoms with E-state index in [2.05, 4.69) is 19.7 Å². The van der Waals surface area contributed by atoms with Crippen LogP contribution in [0.5, 0.6) is 0 Å². The highest BCUT2D eigenvalue weighted by molar-refractivity contribution is 7.99. The molecule has 1 saturated carbocycles. The highest BCUT2D eigenvalue weighted by Gasteiger charge is 2.29. The first-order valence-electron chi connectivity index (χ1n) is 9.40. The summed E-state index contributed by atoms with van der Waals surface area (Å²) in [5, 5.41) is 8.81. The van der Waals surface area contributed by atoms with Gasteiger partial charge in [0.05, 0.1) is 18.6 Å². The number of piperidine rings is 1. The van der Waals surface area contributed by atoms with E-state index in [9.17, 15) is 4.79 Å². The zero-order valence-corrected chi connectivity index (χ0v) is 16.1. The number of likely N-dealkylation sites (tertiary alicyclic amines) is 1. The summed E-state index contributed by atoms with van der Waals surface area (Å²) < 4.78 is 4.07. The number of rotatable bonds is 7. The predicted molar refractivity (Wildman–Crippen MR) is 101 cm³/mol. The van der Waals surface area contributed by atoms with Crippen LogP contribution in [0.3, 0.4) is 0 Å². The molecule has 1 aliphatic carbocycles. The van der Waals surface area contributed by atoms with Crippen molar-refractivity contribution in [1.82, 2.24) is 29.2 Å². The van der Waals surface area contributed by atoms with Crippen molar-refractivity contribution in [3.63, 3.8) is 0 Å². The Hall–Kier alpha value is -1.83. The maximum absolute atomic E-state index is 12.5. The topological polar surface area (TPSA) is 68.8 Å². The maximum Gasteiger partial charge on any atom is 0.232 e. The molecule has 7 nitrogen and oxygen atoms in total. The molecule has 2 aromatic heterocycles. The number of carbonyl (C=O) groups is 1. The molecular formula is C18H26N6OS. The molecule has 3 heterocycles. The SMILES string of the molecule is Cn1c(Cn2ccnc2)nnc1[C@H]1CCCN(C(=O)CSCC2CC2)C1.